The number of nitrogens with zero attached hydrogens (tertiary/aromatic N) is 3. The zero-order chi connectivity index (χ0) is 18.6. The minimum absolute atomic E-state index is 0.123. The average Bonchev–Trinajstić information content (AvgIpc) is 2.99. The maximum atomic E-state index is 12.4. The fraction of sp³-hybridized carbons (Fsp3) is 0.389. The quantitative estimate of drug-likeness (QED) is 0.842. The van der Waals surface area contributed by atoms with E-state index in [1.54, 1.807) is 18.7 Å². The second-order valence-electron chi connectivity index (χ2n) is 6.41. The van der Waals surface area contributed by atoms with Crippen LogP contribution in [-0.4, -0.2) is 45.4 Å². The molecule has 134 valence electrons. The van der Waals surface area contributed by atoms with Gasteiger partial charge in [-0.15, -0.1) is 0 Å². The van der Waals surface area contributed by atoms with Gasteiger partial charge in [0, 0.05) is 19.7 Å². The van der Waals surface area contributed by atoms with Gasteiger partial charge in [-0.1, -0.05) is 39.0 Å². The minimum Gasteiger partial charge on any atom is -0.481 e. The van der Waals surface area contributed by atoms with E-state index in [2.05, 4.69) is 10.4 Å². The molecule has 0 aliphatic rings. The molecular formula is C18H24N4O3. The van der Waals surface area contributed by atoms with Gasteiger partial charge in [0.05, 0.1) is 17.3 Å². The van der Waals surface area contributed by atoms with Gasteiger partial charge in [0.1, 0.15) is 5.82 Å². The molecule has 0 aliphatic heterocycles. The Balaban J connectivity index is 2.23. The minimum atomic E-state index is -0.934. The van der Waals surface area contributed by atoms with Gasteiger partial charge in [-0.2, -0.15) is 5.10 Å². The van der Waals surface area contributed by atoms with Gasteiger partial charge >= 0.3 is 12.0 Å². The number of aromatic nitrogens is 2. The number of carbonyl (C=O) groups excluding carboxylic acids is 1. The average molecular weight is 344 g/mol. The largest absolute Gasteiger partial charge is 0.481 e. The number of hydrogen-bond acceptors (Lipinski definition) is 3. The summed E-state index contributed by atoms with van der Waals surface area (Å²) in [5.74, 6) is -0.808. The summed E-state index contributed by atoms with van der Waals surface area (Å²) in [5, 5.41) is 16.4. The van der Waals surface area contributed by atoms with Gasteiger partial charge in [0.2, 0.25) is 0 Å². The summed E-state index contributed by atoms with van der Waals surface area (Å²) in [5.41, 5.74) is 1.70. The molecule has 1 unspecified atom stereocenters. The lowest BCUT2D eigenvalue weighted by Gasteiger charge is -2.20. The maximum absolute atomic E-state index is 12.4. The lowest BCUT2D eigenvalue weighted by Crippen LogP contribution is -2.37. The second kappa shape index (κ2) is 7.83. The van der Waals surface area contributed by atoms with Gasteiger partial charge in [-0.25, -0.2) is 9.48 Å². The first-order valence-corrected chi connectivity index (χ1v) is 8.20. The number of carboxylic acids is 1. The van der Waals surface area contributed by atoms with E-state index >= 15 is 0 Å². The van der Waals surface area contributed by atoms with Crippen molar-refractivity contribution < 1.29 is 14.7 Å². The van der Waals surface area contributed by atoms with Gasteiger partial charge in [0.15, 0.2) is 0 Å². The third-order valence-electron chi connectivity index (χ3n) is 3.87. The zero-order valence-electron chi connectivity index (χ0n) is 14.9. The number of carbonyl (C=O) groups is 2. The van der Waals surface area contributed by atoms with Crippen LogP contribution in [0.3, 0.4) is 0 Å². The summed E-state index contributed by atoms with van der Waals surface area (Å²) in [6, 6.07) is 11.0. The van der Waals surface area contributed by atoms with Gasteiger partial charge in [0.25, 0.3) is 0 Å². The number of nitrogens with one attached hydrogen (secondary N) is 1. The number of carboxylic acid groups (broad SMARTS) is 1. The second-order valence-corrected chi connectivity index (χ2v) is 6.41. The molecule has 0 radical (unpaired) electrons. The van der Waals surface area contributed by atoms with Crippen molar-refractivity contribution in [2.75, 3.05) is 18.9 Å². The van der Waals surface area contributed by atoms with Crippen LogP contribution in [0.2, 0.25) is 0 Å². The summed E-state index contributed by atoms with van der Waals surface area (Å²) in [4.78, 5) is 24.7. The molecule has 1 aromatic heterocycles. The Labute approximate surface area is 147 Å². The molecule has 0 saturated carbocycles. The molecule has 0 spiro atoms. The summed E-state index contributed by atoms with van der Waals surface area (Å²) < 4.78 is 1.68. The molecule has 1 heterocycles. The molecule has 0 saturated heterocycles. The molecule has 0 aliphatic carbocycles. The Morgan fingerprint density at radius 1 is 1.24 bits per heavy atom. The number of urea groups is 1. The molecule has 2 rings (SSSR count). The van der Waals surface area contributed by atoms with E-state index in [0.717, 1.165) is 11.4 Å². The van der Waals surface area contributed by atoms with Crippen LogP contribution < -0.4 is 5.32 Å². The topological polar surface area (TPSA) is 87.5 Å². The fourth-order valence-corrected chi connectivity index (χ4v) is 2.31. The molecule has 0 fully saturated rings. The zero-order valence-corrected chi connectivity index (χ0v) is 14.9. The van der Waals surface area contributed by atoms with Gasteiger partial charge in [-0.3, -0.25) is 10.1 Å². The number of anilines is 1. The van der Waals surface area contributed by atoms with Crippen LogP contribution in [0.4, 0.5) is 10.6 Å². The van der Waals surface area contributed by atoms with Crippen LogP contribution in [0.15, 0.2) is 36.4 Å². The number of amides is 2. The van der Waals surface area contributed by atoms with Crippen LogP contribution in [0.1, 0.15) is 32.4 Å². The number of benzene rings is 1. The smallest absolute Gasteiger partial charge is 0.322 e. The van der Waals surface area contributed by atoms with E-state index in [-0.39, 0.29) is 18.5 Å². The normalized spacial score (nSPS) is 12.0. The molecule has 0 bridgehead atoms. The van der Waals surface area contributed by atoms with E-state index in [1.165, 1.54) is 4.90 Å². The van der Waals surface area contributed by atoms with Crippen LogP contribution in [0, 0.1) is 5.92 Å². The van der Waals surface area contributed by atoms with Gasteiger partial charge < -0.3 is 10.0 Å². The van der Waals surface area contributed by atoms with E-state index < -0.39 is 11.9 Å². The number of aliphatic carboxylic acids is 1. The third kappa shape index (κ3) is 4.59. The molecule has 7 heteroatoms. The van der Waals surface area contributed by atoms with Crippen LogP contribution >= 0.6 is 0 Å². The van der Waals surface area contributed by atoms with E-state index in [1.807, 2.05) is 50.2 Å². The summed E-state index contributed by atoms with van der Waals surface area (Å²) in [7, 11) is 1.57. The highest BCUT2D eigenvalue weighted by molar-refractivity contribution is 5.89. The first-order chi connectivity index (χ1) is 11.8. The SMILES string of the molecule is CC(CN(C)C(=O)Nc1cc(C(C)C)nn1-c1ccccc1)C(=O)O. The Hall–Kier alpha value is -2.83. The van der Waals surface area contributed by atoms with Crippen molar-refractivity contribution in [3.63, 3.8) is 0 Å². The number of para-hydroxylation sites is 1. The lowest BCUT2D eigenvalue weighted by atomic mass is 10.1. The molecule has 2 aromatic rings. The Morgan fingerprint density at radius 2 is 1.88 bits per heavy atom. The molecule has 1 aromatic carbocycles. The van der Waals surface area contributed by atoms with Crippen molar-refractivity contribution >= 4 is 17.8 Å². The van der Waals surface area contributed by atoms with Crippen molar-refractivity contribution in [1.29, 1.82) is 0 Å². The van der Waals surface area contributed by atoms with Crippen molar-refractivity contribution in [2.45, 2.75) is 26.7 Å². The predicted octanol–water partition coefficient (Wildman–Crippen LogP) is 3.18. The predicted molar refractivity (Wildman–Crippen MR) is 96.1 cm³/mol. The van der Waals surface area contributed by atoms with Crippen molar-refractivity contribution in [1.82, 2.24) is 14.7 Å². The maximum Gasteiger partial charge on any atom is 0.322 e. The van der Waals surface area contributed by atoms with Crippen LogP contribution in [0.25, 0.3) is 5.69 Å². The van der Waals surface area contributed by atoms with Crippen molar-refractivity contribution in [3.8, 4) is 5.69 Å². The van der Waals surface area contributed by atoms with E-state index in [9.17, 15) is 9.59 Å². The first kappa shape index (κ1) is 18.5. The number of hydrogen-bond donors (Lipinski definition) is 2. The van der Waals surface area contributed by atoms with Gasteiger partial charge in [-0.05, 0) is 18.1 Å². The monoisotopic (exact) mass is 344 g/mol. The molecule has 1 atom stereocenters. The van der Waals surface area contributed by atoms with Crippen molar-refractivity contribution in [2.24, 2.45) is 5.92 Å². The summed E-state index contributed by atoms with van der Waals surface area (Å²) >= 11 is 0. The fourth-order valence-electron chi connectivity index (χ4n) is 2.31. The Morgan fingerprint density at radius 3 is 2.44 bits per heavy atom. The molecular weight excluding hydrogens is 320 g/mol. The van der Waals surface area contributed by atoms with Crippen molar-refractivity contribution in [3.05, 3.63) is 42.1 Å². The summed E-state index contributed by atoms with van der Waals surface area (Å²) in [6.45, 7) is 5.75. The van der Waals surface area contributed by atoms with E-state index in [0.29, 0.717) is 5.82 Å². The highest BCUT2D eigenvalue weighted by atomic mass is 16.4. The molecule has 2 amide bonds. The highest BCUT2D eigenvalue weighted by Gasteiger charge is 2.20. The Kier molecular flexibility index (Phi) is 5.80. The third-order valence-corrected chi connectivity index (χ3v) is 3.87. The standard InChI is InChI=1S/C18H24N4O3/c1-12(2)15-10-16(22(20-15)14-8-6-5-7-9-14)19-18(25)21(4)11-13(3)17(23)24/h5-10,12-13H,11H2,1-4H3,(H,19,25)(H,23,24). The number of rotatable bonds is 6. The summed E-state index contributed by atoms with van der Waals surface area (Å²) in [6.07, 6.45) is 0. The van der Waals surface area contributed by atoms with Crippen LogP contribution in [0.5, 0.6) is 0 Å². The Bertz CT molecular complexity index is 740. The molecule has 25 heavy (non-hydrogen) atoms. The highest BCUT2D eigenvalue weighted by Crippen LogP contribution is 2.22. The van der Waals surface area contributed by atoms with E-state index in [4.69, 9.17) is 5.11 Å². The first-order valence-electron chi connectivity index (χ1n) is 8.20. The van der Waals surface area contributed by atoms with Crippen LogP contribution in [-0.2, 0) is 4.79 Å². The lowest BCUT2D eigenvalue weighted by molar-refractivity contribution is -0.141. The molecule has 2 N–H and O–H groups in total. The molecule has 7 nitrogen and oxygen atoms in total.